The molecule has 0 amide bonds. The van der Waals surface area contributed by atoms with E-state index in [1.165, 1.54) is 57.8 Å². The summed E-state index contributed by atoms with van der Waals surface area (Å²) in [6.45, 7) is 3.79. The Morgan fingerprint density at radius 1 is 1.06 bits per heavy atom. The molecule has 0 heterocycles. The lowest BCUT2D eigenvalue weighted by Crippen LogP contribution is -2.52. The summed E-state index contributed by atoms with van der Waals surface area (Å²) in [4.78, 5) is 0. The van der Waals surface area contributed by atoms with Crippen LogP contribution in [-0.4, -0.2) is 23.8 Å². The molecule has 0 radical (unpaired) electrons. The molecule has 0 bridgehead atoms. The molecule has 2 saturated carbocycles. The average molecular weight is 253 g/mol. The van der Waals surface area contributed by atoms with Crippen LogP contribution in [0.2, 0.25) is 0 Å². The third-order valence-electron chi connectivity index (χ3n) is 5.13. The molecule has 106 valence electrons. The van der Waals surface area contributed by atoms with Gasteiger partial charge in [-0.1, -0.05) is 45.4 Å². The summed E-state index contributed by atoms with van der Waals surface area (Å²) >= 11 is 0. The van der Waals surface area contributed by atoms with E-state index in [2.05, 4.69) is 12.2 Å². The largest absolute Gasteiger partial charge is 0.394 e. The molecule has 2 fully saturated rings. The topological polar surface area (TPSA) is 32.3 Å². The highest BCUT2D eigenvalue weighted by atomic mass is 16.3. The van der Waals surface area contributed by atoms with E-state index in [9.17, 15) is 5.11 Å². The molecule has 18 heavy (non-hydrogen) atoms. The monoisotopic (exact) mass is 253 g/mol. The standard InChI is InChI=1S/C16H31NO/c1-14-7-6-10-16(11-14,13-18)17-12-15-8-4-2-3-5-9-15/h14-15,17-18H,2-13H2,1H3. The molecule has 2 heteroatoms. The van der Waals surface area contributed by atoms with Crippen molar-refractivity contribution >= 4 is 0 Å². The minimum atomic E-state index is 0.0456. The Morgan fingerprint density at radius 3 is 2.39 bits per heavy atom. The van der Waals surface area contributed by atoms with Gasteiger partial charge in [0.25, 0.3) is 0 Å². The van der Waals surface area contributed by atoms with E-state index in [-0.39, 0.29) is 5.54 Å². The van der Waals surface area contributed by atoms with Gasteiger partial charge >= 0.3 is 0 Å². The Kier molecular flexibility index (Phi) is 5.50. The van der Waals surface area contributed by atoms with Gasteiger partial charge in [0.2, 0.25) is 0 Å². The summed E-state index contributed by atoms with van der Waals surface area (Å²) in [7, 11) is 0. The predicted octanol–water partition coefficient (Wildman–Crippen LogP) is 3.49. The molecule has 0 saturated heterocycles. The van der Waals surface area contributed by atoms with Gasteiger partial charge in [0.05, 0.1) is 6.61 Å². The molecule has 2 atom stereocenters. The zero-order valence-corrected chi connectivity index (χ0v) is 12.1. The van der Waals surface area contributed by atoms with Crippen LogP contribution in [0.25, 0.3) is 0 Å². The molecule has 0 aromatic carbocycles. The van der Waals surface area contributed by atoms with Crippen molar-refractivity contribution in [1.29, 1.82) is 0 Å². The van der Waals surface area contributed by atoms with Gasteiger partial charge in [-0.05, 0) is 44.1 Å². The van der Waals surface area contributed by atoms with Crippen molar-refractivity contribution in [2.75, 3.05) is 13.2 Å². The lowest BCUT2D eigenvalue weighted by atomic mass is 9.76. The van der Waals surface area contributed by atoms with E-state index in [4.69, 9.17) is 0 Å². The first-order chi connectivity index (χ1) is 8.74. The first-order valence-electron chi connectivity index (χ1n) is 8.10. The lowest BCUT2D eigenvalue weighted by molar-refractivity contribution is 0.0946. The van der Waals surface area contributed by atoms with E-state index in [1.54, 1.807) is 0 Å². The van der Waals surface area contributed by atoms with Gasteiger partial charge in [-0.2, -0.15) is 0 Å². The normalized spacial score (nSPS) is 35.3. The maximum Gasteiger partial charge on any atom is 0.0613 e. The van der Waals surface area contributed by atoms with Crippen LogP contribution < -0.4 is 5.32 Å². The average Bonchev–Trinajstić information content (AvgIpc) is 2.65. The zero-order chi connectivity index (χ0) is 12.8. The molecule has 0 aromatic rings. The van der Waals surface area contributed by atoms with Crippen LogP contribution in [0, 0.1) is 11.8 Å². The van der Waals surface area contributed by atoms with Crippen LogP contribution in [0.3, 0.4) is 0 Å². The van der Waals surface area contributed by atoms with Crippen molar-refractivity contribution in [3.8, 4) is 0 Å². The van der Waals surface area contributed by atoms with Crippen LogP contribution in [0.5, 0.6) is 0 Å². The number of aliphatic hydroxyl groups excluding tert-OH is 1. The van der Waals surface area contributed by atoms with Gasteiger partial charge < -0.3 is 10.4 Å². The van der Waals surface area contributed by atoms with Crippen LogP contribution in [0.1, 0.15) is 71.1 Å². The summed E-state index contributed by atoms with van der Waals surface area (Å²) in [6.07, 6.45) is 13.4. The fourth-order valence-electron chi connectivity index (χ4n) is 3.95. The van der Waals surface area contributed by atoms with E-state index >= 15 is 0 Å². The van der Waals surface area contributed by atoms with Crippen LogP contribution >= 0.6 is 0 Å². The Labute approximate surface area is 113 Å². The van der Waals surface area contributed by atoms with Crippen LogP contribution in [0.4, 0.5) is 0 Å². The van der Waals surface area contributed by atoms with Gasteiger partial charge in [0.15, 0.2) is 0 Å². The van der Waals surface area contributed by atoms with Crippen LogP contribution in [0.15, 0.2) is 0 Å². The second-order valence-electron chi connectivity index (χ2n) is 6.88. The summed E-state index contributed by atoms with van der Waals surface area (Å²) in [6, 6.07) is 0. The number of nitrogens with one attached hydrogen (secondary N) is 1. The summed E-state index contributed by atoms with van der Waals surface area (Å²) in [5.41, 5.74) is 0.0456. The van der Waals surface area contributed by atoms with Crippen molar-refractivity contribution < 1.29 is 5.11 Å². The molecule has 2 aliphatic rings. The molecule has 2 N–H and O–H groups in total. The third kappa shape index (κ3) is 3.96. The number of aliphatic hydroxyl groups is 1. The van der Waals surface area contributed by atoms with Crippen molar-refractivity contribution in [1.82, 2.24) is 5.32 Å². The number of hydrogen-bond donors (Lipinski definition) is 2. The maximum absolute atomic E-state index is 9.78. The molecule has 2 nitrogen and oxygen atoms in total. The van der Waals surface area contributed by atoms with Gasteiger partial charge in [-0.25, -0.2) is 0 Å². The number of hydrogen-bond acceptors (Lipinski definition) is 2. The highest BCUT2D eigenvalue weighted by molar-refractivity contribution is 4.93. The minimum Gasteiger partial charge on any atom is -0.394 e. The van der Waals surface area contributed by atoms with E-state index in [1.807, 2.05) is 0 Å². The number of rotatable bonds is 4. The van der Waals surface area contributed by atoms with Crippen molar-refractivity contribution in [3.05, 3.63) is 0 Å². The first kappa shape index (κ1) is 14.3. The lowest BCUT2D eigenvalue weighted by Gasteiger charge is -2.40. The Bertz CT molecular complexity index is 235. The van der Waals surface area contributed by atoms with E-state index in [0.717, 1.165) is 24.8 Å². The van der Waals surface area contributed by atoms with Gasteiger partial charge in [0.1, 0.15) is 0 Å². The van der Waals surface area contributed by atoms with Gasteiger partial charge in [-0.3, -0.25) is 0 Å². The smallest absolute Gasteiger partial charge is 0.0613 e. The highest BCUT2D eigenvalue weighted by Gasteiger charge is 2.34. The fraction of sp³-hybridized carbons (Fsp3) is 1.00. The van der Waals surface area contributed by atoms with Crippen molar-refractivity contribution in [3.63, 3.8) is 0 Å². The van der Waals surface area contributed by atoms with Gasteiger partial charge in [0, 0.05) is 5.54 Å². The molecule has 2 aliphatic carbocycles. The second kappa shape index (κ2) is 6.91. The molecule has 0 aromatic heterocycles. The predicted molar refractivity (Wildman–Crippen MR) is 76.6 cm³/mol. The van der Waals surface area contributed by atoms with E-state index < -0.39 is 0 Å². The third-order valence-corrected chi connectivity index (χ3v) is 5.13. The summed E-state index contributed by atoms with van der Waals surface area (Å²) in [5.74, 6) is 1.63. The maximum atomic E-state index is 9.78. The SMILES string of the molecule is CC1CCCC(CO)(NCC2CCCCCC2)C1. The Balaban J connectivity index is 1.81. The quantitative estimate of drug-likeness (QED) is 0.752. The van der Waals surface area contributed by atoms with Crippen LogP contribution in [-0.2, 0) is 0 Å². The highest BCUT2D eigenvalue weighted by Crippen LogP contribution is 2.32. The molecule has 0 spiro atoms. The second-order valence-corrected chi connectivity index (χ2v) is 6.88. The summed E-state index contributed by atoms with van der Waals surface area (Å²) in [5, 5.41) is 13.5. The van der Waals surface area contributed by atoms with Crippen molar-refractivity contribution in [2.24, 2.45) is 11.8 Å². The minimum absolute atomic E-state index is 0.0456. The first-order valence-corrected chi connectivity index (χ1v) is 8.10. The molecular weight excluding hydrogens is 222 g/mol. The molecule has 2 rings (SSSR count). The molecule has 0 aliphatic heterocycles. The van der Waals surface area contributed by atoms with E-state index in [0.29, 0.717) is 6.61 Å². The fourth-order valence-corrected chi connectivity index (χ4v) is 3.95. The Morgan fingerprint density at radius 2 is 1.78 bits per heavy atom. The van der Waals surface area contributed by atoms with Crippen molar-refractivity contribution in [2.45, 2.75) is 76.7 Å². The van der Waals surface area contributed by atoms with Gasteiger partial charge in [-0.15, -0.1) is 0 Å². The zero-order valence-electron chi connectivity index (χ0n) is 12.1. The summed E-state index contributed by atoms with van der Waals surface area (Å²) < 4.78 is 0. The molecule has 2 unspecified atom stereocenters. The molecular formula is C16H31NO. The Hall–Kier alpha value is -0.0800.